The maximum Gasteiger partial charge on any atom is 0.135 e. The Balaban J connectivity index is 3.74. The number of carbonyl (C=O) groups is 1. The standard InChI is InChI=1S/C10H20O2/c1-5-9(11)7-10(12-4)6-8(2)3/h8,10H,5-7H2,1-4H3. The molecule has 0 bridgehead atoms. The third-order valence-electron chi connectivity index (χ3n) is 1.92. The van der Waals surface area contributed by atoms with Gasteiger partial charge in [0.15, 0.2) is 0 Å². The van der Waals surface area contributed by atoms with Crippen molar-refractivity contribution in [2.45, 2.75) is 46.1 Å². The summed E-state index contributed by atoms with van der Waals surface area (Å²) in [5.41, 5.74) is 0. The van der Waals surface area contributed by atoms with Crippen molar-refractivity contribution in [1.82, 2.24) is 0 Å². The predicted octanol–water partition coefficient (Wildman–Crippen LogP) is 2.42. The van der Waals surface area contributed by atoms with Crippen LogP contribution in [-0.2, 0) is 9.53 Å². The molecule has 0 rings (SSSR count). The number of hydrogen-bond donors (Lipinski definition) is 0. The molecular weight excluding hydrogens is 152 g/mol. The minimum atomic E-state index is 0.123. The summed E-state index contributed by atoms with van der Waals surface area (Å²) in [6.45, 7) is 6.18. The van der Waals surface area contributed by atoms with Gasteiger partial charge in [-0.3, -0.25) is 4.79 Å². The second-order valence-corrected chi connectivity index (χ2v) is 3.58. The van der Waals surface area contributed by atoms with E-state index in [1.165, 1.54) is 0 Å². The van der Waals surface area contributed by atoms with Crippen LogP contribution in [0.25, 0.3) is 0 Å². The quantitative estimate of drug-likeness (QED) is 0.615. The molecule has 0 aromatic heterocycles. The second-order valence-electron chi connectivity index (χ2n) is 3.58. The topological polar surface area (TPSA) is 26.3 Å². The van der Waals surface area contributed by atoms with Gasteiger partial charge in [-0.15, -0.1) is 0 Å². The lowest BCUT2D eigenvalue weighted by atomic mass is 10.0. The Morgan fingerprint density at radius 2 is 2.00 bits per heavy atom. The summed E-state index contributed by atoms with van der Waals surface area (Å²) in [6.07, 6.45) is 2.29. The van der Waals surface area contributed by atoms with Crippen LogP contribution in [0.15, 0.2) is 0 Å². The molecule has 0 aliphatic carbocycles. The molecule has 0 radical (unpaired) electrons. The van der Waals surface area contributed by atoms with Crippen LogP contribution in [0.3, 0.4) is 0 Å². The van der Waals surface area contributed by atoms with Crippen LogP contribution in [0, 0.1) is 5.92 Å². The van der Waals surface area contributed by atoms with Crippen LogP contribution < -0.4 is 0 Å². The summed E-state index contributed by atoms with van der Waals surface area (Å²) < 4.78 is 5.21. The lowest BCUT2D eigenvalue weighted by Crippen LogP contribution is -2.17. The van der Waals surface area contributed by atoms with Crippen LogP contribution >= 0.6 is 0 Å². The van der Waals surface area contributed by atoms with Crippen molar-refractivity contribution in [2.75, 3.05) is 7.11 Å². The number of carbonyl (C=O) groups excluding carboxylic acids is 1. The van der Waals surface area contributed by atoms with Gasteiger partial charge >= 0.3 is 0 Å². The van der Waals surface area contributed by atoms with E-state index in [9.17, 15) is 4.79 Å². The number of ether oxygens (including phenoxy) is 1. The third-order valence-corrected chi connectivity index (χ3v) is 1.92. The summed E-state index contributed by atoms with van der Waals surface area (Å²) in [7, 11) is 1.68. The van der Waals surface area contributed by atoms with Crippen molar-refractivity contribution in [3.63, 3.8) is 0 Å². The summed E-state index contributed by atoms with van der Waals surface area (Å²) in [4.78, 5) is 11.1. The van der Waals surface area contributed by atoms with Crippen molar-refractivity contribution >= 4 is 5.78 Å². The summed E-state index contributed by atoms with van der Waals surface area (Å²) in [5, 5.41) is 0. The Morgan fingerprint density at radius 1 is 1.42 bits per heavy atom. The smallest absolute Gasteiger partial charge is 0.135 e. The Hall–Kier alpha value is -0.370. The van der Waals surface area contributed by atoms with E-state index in [1.807, 2.05) is 6.92 Å². The Labute approximate surface area is 75.3 Å². The fourth-order valence-electron chi connectivity index (χ4n) is 1.19. The maximum atomic E-state index is 11.1. The molecule has 0 aliphatic rings. The maximum absolute atomic E-state index is 11.1. The monoisotopic (exact) mass is 172 g/mol. The number of hydrogen-bond acceptors (Lipinski definition) is 2. The van der Waals surface area contributed by atoms with Crippen LogP contribution in [-0.4, -0.2) is 19.0 Å². The van der Waals surface area contributed by atoms with Gasteiger partial charge in [0.2, 0.25) is 0 Å². The van der Waals surface area contributed by atoms with E-state index >= 15 is 0 Å². The number of rotatable bonds is 6. The van der Waals surface area contributed by atoms with Gasteiger partial charge in [-0.2, -0.15) is 0 Å². The van der Waals surface area contributed by atoms with Crippen molar-refractivity contribution in [2.24, 2.45) is 5.92 Å². The Kier molecular flexibility index (Phi) is 5.99. The van der Waals surface area contributed by atoms with Crippen molar-refractivity contribution in [1.29, 1.82) is 0 Å². The number of ketones is 1. The largest absolute Gasteiger partial charge is 0.381 e. The van der Waals surface area contributed by atoms with Crippen molar-refractivity contribution in [3.05, 3.63) is 0 Å². The Bertz CT molecular complexity index is 130. The highest BCUT2D eigenvalue weighted by atomic mass is 16.5. The highest BCUT2D eigenvalue weighted by Crippen LogP contribution is 2.11. The Morgan fingerprint density at radius 3 is 2.33 bits per heavy atom. The lowest BCUT2D eigenvalue weighted by Gasteiger charge is -2.15. The molecule has 2 nitrogen and oxygen atoms in total. The highest BCUT2D eigenvalue weighted by molar-refractivity contribution is 5.78. The third kappa shape index (κ3) is 5.30. The molecule has 0 fully saturated rings. The minimum absolute atomic E-state index is 0.123. The first kappa shape index (κ1) is 11.6. The zero-order valence-corrected chi connectivity index (χ0v) is 8.59. The molecule has 0 aromatic carbocycles. The van der Waals surface area contributed by atoms with Crippen LogP contribution in [0.1, 0.15) is 40.0 Å². The van der Waals surface area contributed by atoms with Crippen molar-refractivity contribution in [3.8, 4) is 0 Å². The van der Waals surface area contributed by atoms with Gasteiger partial charge in [0.05, 0.1) is 6.10 Å². The molecule has 0 heterocycles. The molecule has 1 atom stereocenters. The van der Waals surface area contributed by atoms with Gasteiger partial charge in [-0.25, -0.2) is 0 Å². The average molecular weight is 172 g/mol. The van der Waals surface area contributed by atoms with Gasteiger partial charge in [-0.05, 0) is 12.3 Å². The molecule has 0 saturated carbocycles. The molecule has 72 valence electrons. The van der Waals surface area contributed by atoms with E-state index in [1.54, 1.807) is 7.11 Å². The molecule has 12 heavy (non-hydrogen) atoms. The first-order valence-electron chi connectivity index (χ1n) is 4.64. The predicted molar refractivity (Wildman–Crippen MR) is 50.2 cm³/mol. The molecule has 0 spiro atoms. The summed E-state index contributed by atoms with van der Waals surface area (Å²) in [6, 6.07) is 0. The van der Waals surface area contributed by atoms with Gasteiger partial charge in [-0.1, -0.05) is 20.8 Å². The van der Waals surface area contributed by atoms with E-state index < -0.39 is 0 Å². The molecule has 0 aliphatic heterocycles. The van der Waals surface area contributed by atoms with E-state index in [2.05, 4.69) is 13.8 Å². The molecule has 1 unspecified atom stereocenters. The lowest BCUT2D eigenvalue weighted by molar-refractivity contribution is -0.121. The second kappa shape index (κ2) is 6.18. The first-order valence-corrected chi connectivity index (χ1v) is 4.64. The van der Waals surface area contributed by atoms with Gasteiger partial charge < -0.3 is 4.74 Å². The van der Waals surface area contributed by atoms with Crippen LogP contribution in [0.5, 0.6) is 0 Å². The fraction of sp³-hybridized carbons (Fsp3) is 0.900. The van der Waals surface area contributed by atoms with Crippen LogP contribution in [0.4, 0.5) is 0 Å². The van der Waals surface area contributed by atoms with E-state index in [0.29, 0.717) is 24.5 Å². The molecule has 0 aromatic rings. The van der Waals surface area contributed by atoms with E-state index in [0.717, 1.165) is 6.42 Å². The molecule has 0 N–H and O–H groups in total. The zero-order valence-electron chi connectivity index (χ0n) is 8.59. The highest BCUT2D eigenvalue weighted by Gasteiger charge is 2.12. The number of Topliss-reactive ketones (excluding diaryl/α,β-unsaturated/α-hetero) is 1. The fourth-order valence-corrected chi connectivity index (χ4v) is 1.19. The van der Waals surface area contributed by atoms with E-state index in [4.69, 9.17) is 4.74 Å². The van der Waals surface area contributed by atoms with Crippen LogP contribution in [0.2, 0.25) is 0 Å². The van der Waals surface area contributed by atoms with Gasteiger partial charge in [0.25, 0.3) is 0 Å². The zero-order chi connectivity index (χ0) is 9.56. The molecular formula is C10H20O2. The summed E-state index contributed by atoms with van der Waals surface area (Å²) >= 11 is 0. The van der Waals surface area contributed by atoms with E-state index in [-0.39, 0.29) is 6.10 Å². The molecule has 2 heteroatoms. The average Bonchev–Trinajstić information content (AvgIpc) is 2.02. The van der Waals surface area contributed by atoms with Gasteiger partial charge in [0.1, 0.15) is 5.78 Å². The molecule has 0 amide bonds. The first-order chi connectivity index (χ1) is 5.60. The summed E-state index contributed by atoms with van der Waals surface area (Å²) in [5.74, 6) is 0.891. The normalized spacial score (nSPS) is 13.4. The van der Waals surface area contributed by atoms with Crippen molar-refractivity contribution < 1.29 is 9.53 Å². The molecule has 0 saturated heterocycles. The minimum Gasteiger partial charge on any atom is -0.381 e. The SMILES string of the molecule is CCC(=O)CC(CC(C)C)OC. The van der Waals surface area contributed by atoms with Gasteiger partial charge in [0, 0.05) is 20.0 Å². The number of methoxy groups -OCH3 is 1.